The number of benzene rings is 1. The lowest BCUT2D eigenvalue weighted by molar-refractivity contribution is 0.196. The monoisotopic (exact) mass is 385 g/mol. The average Bonchev–Trinajstić information content (AvgIpc) is 3.12. The summed E-state index contributed by atoms with van der Waals surface area (Å²) in [7, 11) is -1.27. The van der Waals surface area contributed by atoms with Gasteiger partial charge in [-0.25, -0.2) is 8.42 Å². The molecule has 3 rings (SSSR count). The minimum absolute atomic E-state index is 0.0537. The van der Waals surface area contributed by atoms with Gasteiger partial charge < -0.3 is 4.74 Å². The van der Waals surface area contributed by atoms with Crippen LogP contribution < -0.4 is 4.74 Å². The average molecular weight is 386 g/mol. The number of halogens is 1. The molecule has 0 aliphatic carbocycles. The molecule has 24 heavy (non-hydrogen) atoms. The van der Waals surface area contributed by atoms with E-state index in [4.69, 9.17) is 16.3 Å². The Morgan fingerprint density at radius 2 is 1.96 bits per heavy atom. The van der Waals surface area contributed by atoms with Gasteiger partial charge in [0, 0.05) is 24.0 Å². The van der Waals surface area contributed by atoms with Crippen LogP contribution in [0.3, 0.4) is 0 Å². The van der Waals surface area contributed by atoms with Crippen LogP contribution in [0.5, 0.6) is 5.75 Å². The third kappa shape index (κ3) is 4.51. The van der Waals surface area contributed by atoms with Crippen LogP contribution in [0.25, 0.3) is 0 Å². The summed E-state index contributed by atoms with van der Waals surface area (Å²) in [6.07, 6.45) is 0.692. The summed E-state index contributed by atoms with van der Waals surface area (Å²) < 4.78 is 29.7. The van der Waals surface area contributed by atoms with Crippen LogP contribution in [0.15, 0.2) is 36.4 Å². The molecule has 1 aromatic carbocycles. The Labute approximate surface area is 151 Å². The summed E-state index contributed by atoms with van der Waals surface area (Å²) in [5.41, 5.74) is 1.14. The van der Waals surface area contributed by atoms with E-state index in [2.05, 4.69) is 4.90 Å². The summed E-state index contributed by atoms with van der Waals surface area (Å²) in [5.74, 6) is 1.34. The molecule has 1 aromatic heterocycles. The maximum absolute atomic E-state index is 11.9. The molecule has 0 N–H and O–H groups in total. The highest BCUT2D eigenvalue weighted by Crippen LogP contribution is 2.27. The van der Waals surface area contributed by atoms with Gasteiger partial charge >= 0.3 is 0 Å². The number of rotatable bonds is 6. The first-order valence-corrected chi connectivity index (χ1v) is 10.8. The van der Waals surface area contributed by atoms with Crippen molar-refractivity contribution in [3.8, 4) is 5.75 Å². The van der Waals surface area contributed by atoms with Crippen molar-refractivity contribution in [2.24, 2.45) is 0 Å². The van der Waals surface area contributed by atoms with Gasteiger partial charge in [0.15, 0.2) is 9.84 Å². The number of methoxy groups -OCH3 is 1. The lowest BCUT2D eigenvalue weighted by Gasteiger charge is -2.27. The lowest BCUT2D eigenvalue weighted by Crippen LogP contribution is -2.35. The van der Waals surface area contributed by atoms with Gasteiger partial charge in [-0.3, -0.25) is 4.90 Å². The molecule has 1 aliphatic heterocycles. The van der Waals surface area contributed by atoms with Crippen molar-refractivity contribution in [1.82, 2.24) is 4.90 Å². The van der Waals surface area contributed by atoms with E-state index in [1.54, 1.807) is 18.4 Å². The number of hydrogen-bond acceptors (Lipinski definition) is 5. The minimum Gasteiger partial charge on any atom is -0.497 e. The number of nitrogens with zero attached hydrogens (tertiary/aromatic N) is 1. The van der Waals surface area contributed by atoms with E-state index in [1.165, 1.54) is 0 Å². The Balaban J connectivity index is 1.78. The Hall–Kier alpha value is -1.08. The smallest absolute Gasteiger partial charge is 0.151 e. The summed E-state index contributed by atoms with van der Waals surface area (Å²) in [6.45, 7) is 1.42. The molecule has 7 heteroatoms. The van der Waals surface area contributed by atoms with Crippen molar-refractivity contribution in [2.45, 2.75) is 25.6 Å². The molecule has 0 saturated carbocycles. The van der Waals surface area contributed by atoms with Crippen LogP contribution in [0, 0.1) is 0 Å². The highest BCUT2D eigenvalue weighted by atomic mass is 35.5. The molecule has 4 nitrogen and oxygen atoms in total. The van der Waals surface area contributed by atoms with Crippen LogP contribution in [0.4, 0.5) is 0 Å². The maximum atomic E-state index is 11.9. The zero-order valence-electron chi connectivity index (χ0n) is 13.4. The SMILES string of the molecule is COc1ccc(CN(Cc2ccc(Cl)s2)[C@@H]2CCS(=O)(=O)C2)cc1. The van der Waals surface area contributed by atoms with Gasteiger partial charge in [0.05, 0.1) is 23.0 Å². The first-order valence-electron chi connectivity index (χ1n) is 7.77. The Bertz CT molecular complexity index is 786. The molecule has 130 valence electrons. The maximum Gasteiger partial charge on any atom is 0.151 e. The predicted octanol–water partition coefficient (Wildman–Crippen LogP) is 3.60. The molecule has 0 bridgehead atoms. The van der Waals surface area contributed by atoms with E-state index < -0.39 is 9.84 Å². The Morgan fingerprint density at radius 1 is 1.21 bits per heavy atom. The second-order valence-corrected chi connectivity index (χ2v) is 10.0. The van der Waals surface area contributed by atoms with E-state index in [0.717, 1.165) is 20.5 Å². The summed E-state index contributed by atoms with van der Waals surface area (Å²) in [4.78, 5) is 3.40. The van der Waals surface area contributed by atoms with Gasteiger partial charge in [-0.1, -0.05) is 23.7 Å². The van der Waals surface area contributed by atoms with Crippen LogP contribution >= 0.6 is 22.9 Å². The quantitative estimate of drug-likeness (QED) is 0.762. The molecular formula is C17H20ClNO3S2. The van der Waals surface area contributed by atoms with Crippen molar-refractivity contribution in [3.63, 3.8) is 0 Å². The van der Waals surface area contributed by atoms with Crippen molar-refractivity contribution < 1.29 is 13.2 Å². The van der Waals surface area contributed by atoms with Gasteiger partial charge in [-0.15, -0.1) is 11.3 Å². The Kier molecular flexibility index (Phi) is 5.49. The molecule has 2 aromatic rings. The van der Waals surface area contributed by atoms with E-state index in [9.17, 15) is 8.42 Å². The largest absolute Gasteiger partial charge is 0.497 e. The zero-order chi connectivity index (χ0) is 17.2. The highest BCUT2D eigenvalue weighted by molar-refractivity contribution is 7.91. The fourth-order valence-electron chi connectivity index (χ4n) is 2.98. The van der Waals surface area contributed by atoms with Crippen molar-refractivity contribution in [3.05, 3.63) is 51.2 Å². The van der Waals surface area contributed by atoms with Crippen molar-refractivity contribution >= 4 is 32.8 Å². The van der Waals surface area contributed by atoms with Gasteiger partial charge in [0.1, 0.15) is 5.75 Å². The topological polar surface area (TPSA) is 46.6 Å². The van der Waals surface area contributed by atoms with Gasteiger partial charge in [0.2, 0.25) is 0 Å². The fraction of sp³-hybridized carbons (Fsp3) is 0.412. The molecule has 0 spiro atoms. The molecule has 0 radical (unpaired) electrons. The van der Waals surface area contributed by atoms with Crippen LogP contribution in [-0.4, -0.2) is 38.0 Å². The molecule has 0 amide bonds. The third-order valence-corrected chi connectivity index (χ3v) is 7.22. The van der Waals surface area contributed by atoms with Gasteiger partial charge in [-0.2, -0.15) is 0 Å². The number of hydrogen-bond donors (Lipinski definition) is 0. The molecule has 1 fully saturated rings. The third-order valence-electron chi connectivity index (χ3n) is 4.26. The summed E-state index contributed by atoms with van der Waals surface area (Å²) in [6, 6.07) is 11.9. The van der Waals surface area contributed by atoms with Crippen molar-refractivity contribution in [1.29, 1.82) is 0 Å². The first kappa shape index (κ1) is 17.7. The van der Waals surface area contributed by atoms with Crippen LogP contribution in [0.1, 0.15) is 16.9 Å². The van der Waals surface area contributed by atoms with E-state index in [0.29, 0.717) is 19.5 Å². The summed E-state index contributed by atoms with van der Waals surface area (Å²) in [5, 5.41) is 0. The standard InChI is InChI=1S/C17H20ClNO3S2/c1-22-15-4-2-13(3-5-15)10-19(11-16-6-7-17(18)23-16)14-8-9-24(20,21)12-14/h2-7,14H,8-12H2,1H3/t14-/m1/s1. The normalized spacial score (nSPS) is 19.7. The van der Waals surface area contributed by atoms with Crippen molar-refractivity contribution in [2.75, 3.05) is 18.6 Å². The highest BCUT2D eigenvalue weighted by Gasteiger charge is 2.32. The molecule has 2 heterocycles. The second-order valence-electron chi connectivity index (χ2n) is 6.02. The fourth-order valence-corrected chi connectivity index (χ4v) is 5.85. The molecule has 1 atom stereocenters. The Morgan fingerprint density at radius 3 is 2.50 bits per heavy atom. The first-order chi connectivity index (χ1) is 11.4. The number of ether oxygens (including phenoxy) is 1. The number of sulfone groups is 1. The summed E-state index contributed by atoms with van der Waals surface area (Å²) >= 11 is 7.58. The van der Waals surface area contributed by atoms with E-state index >= 15 is 0 Å². The molecule has 1 saturated heterocycles. The second kappa shape index (κ2) is 7.44. The zero-order valence-corrected chi connectivity index (χ0v) is 15.8. The lowest BCUT2D eigenvalue weighted by atomic mass is 10.1. The van der Waals surface area contributed by atoms with Crippen LogP contribution in [0.2, 0.25) is 4.34 Å². The van der Waals surface area contributed by atoms with E-state index in [-0.39, 0.29) is 17.5 Å². The van der Waals surface area contributed by atoms with Crippen LogP contribution in [-0.2, 0) is 22.9 Å². The predicted molar refractivity (Wildman–Crippen MR) is 98.6 cm³/mol. The molecule has 1 aliphatic rings. The minimum atomic E-state index is -2.91. The van der Waals surface area contributed by atoms with Gasteiger partial charge in [0.25, 0.3) is 0 Å². The van der Waals surface area contributed by atoms with E-state index in [1.807, 2.05) is 36.4 Å². The molecular weight excluding hydrogens is 366 g/mol. The molecule has 0 unspecified atom stereocenters. The number of thiophene rings is 1. The van der Waals surface area contributed by atoms with Gasteiger partial charge in [-0.05, 0) is 36.2 Å².